The number of hydrazine groups is 1. The van der Waals surface area contributed by atoms with Crippen LogP contribution in [0.4, 0.5) is 0 Å². The zero-order chi connectivity index (χ0) is 15.9. The van der Waals surface area contributed by atoms with Crippen molar-refractivity contribution in [2.45, 2.75) is 6.92 Å². The average molecular weight is 300 g/mol. The van der Waals surface area contributed by atoms with Gasteiger partial charge in [-0.15, -0.1) is 0 Å². The Balaban J connectivity index is 1.84. The highest BCUT2D eigenvalue weighted by Gasteiger charge is 2.06. The molecule has 6 nitrogen and oxygen atoms in total. The maximum atomic E-state index is 11.8. The van der Waals surface area contributed by atoms with E-state index >= 15 is 0 Å². The van der Waals surface area contributed by atoms with Crippen molar-refractivity contribution < 1.29 is 18.7 Å². The fraction of sp³-hybridized carbons (Fsp3) is 0.125. The van der Waals surface area contributed by atoms with Gasteiger partial charge in [-0.3, -0.25) is 20.4 Å². The summed E-state index contributed by atoms with van der Waals surface area (Å²) in [4.78, 5) is 23.4. The van der Waals surface area contributed by atoms with Crippen LogP contribution in [0, 0.1) is 6.92 Å². The lowest BCUT2D eigenvalue weighted by atomic mass is 10.2. The maximum Gasteiger partial charge on any atom is 0.269 e. The normalized spacial score (nSPS) is 10.5. The first-order valence-electron chi connectivity index (χ1n) is 6.57. The highest BCUT2D eigenvalue weighted by Crippen LogP contribution is 2.11. The van der Waals surface area contributed by atoms with Gasteiger partial charge in [0.25, 0.3) is 11.8 Å². The zero-order valence-electron chi connectivity index (χ0n) is 12.3. The van der Waals surface area contributed by atoms with Gasteiger partial charge in [0.2, 0.25) is 0 Å². The number of amides is 2. The molecule has 0 unspecified atom stereocenters. The van der Waals surface area contributed by atoms with Crippen LogP contribution in [0.2, 0.25) is 0 Å². The molecule has 114 valence electrons. The van der Waals surface area contributed by atoms with E-state index in [9.17, 15) is 9.59 Å². The third-order valence-corrected chi connectivity index (χ3v) is 2.81. The number of carbonyl (C=O) groups is 2. The molecule has 2 N–H and O–H groups in total. The fourth-order valence-electron chi connectivity index (χ4n) is 1.68. The Kier molecular flexibility index (Phi) is 4.98. The average Bonchev–Trinajstić information content (AvgIpc) is 2.96. The van der Waals surface area contributed by atoms with Crippen LogP contribution in [0.5, 0.6) is 5.75 Å². The summed E-state index contributed by atoms with van der Waals surface area (Å²) in [5.74, 6) is 1.09. The van der Waals surface area contributed by atoms with Gasteiger partial charge in [-0.05, 0) is 49.4 Å². The number of carbonyl (C=O) groups excluding carboxylic acids is 2. The van der Waals surface area contributed by atoms with E-state index in [2.05, 4.69) is 10.9 Å². The van der Waals surface area contributed by atoms with Gasteiger partial charge >= 0.3 is 0 Å². The van der Waals surface area contributed by atoms with Gasteiger partial charge in [-0.25, -0.2) is 0 Å². The standard InChI is InChI=1S/C16H16N2O4/c1-11-3-6-14(22-11)9-10-15(19)17-18-16(20)12-4-7-13(21-2)8-5-12/h3-10H,1-2H3,(H,17,19)(H,18,20)/b10-9+. The molecular weight excluding hydrogens is 284 g/mol. The second-order valence-corrected chi connectivity index (χ2v) is 4.45. The van der Waals surface area contributed by atoms with Crippen molar-refractivity contribution in [1.82, 2.24) is 10.9 Å². The molecule has 0 aliphatic carbocycles. The monoisotopic (exact) mass is 300 g/mol. The summed E-state index contributed by atoms with van der Waals surface area (Å²) in [6, 6.07) is 10.1. The van der Waals surface area contributed by atoms with Crippen molar-refractivity contribution >= 4 is 17.9 Å². The lowest BCUT2D eigenvalue weighted by Gasteiger charge is -2.06. The van der Waals surface area contributed by atoms with E-state index < -0.39 is 11.8 Å². The molecule has 22 heavy (non-hydrogen) atoms. The van der Waals surface area contributed by atoms with Crippen LogP contribution in [-0.4, -0.2) is 18.9 Å². The number of furan rings is 1. The van der Waals surface area contributed by atoms with Crippen molar-refractivity contribution in [3.8, 4) is 5.75 Å². The lowest BCUT2D eigenvalue weighted by molar-refractivity contribution is -0.117. The zero-order valence-corrected chi connectivity index (χ0v) is 12.3. The summed E-state index contributed by atoms with van der Waals surface area (Å²) in [6.45, 7) is 1.81. The van der Waals surface area contributed by atoms with E-state index in [1.165, 1.54) is 12.2 Å². The summed E-state index contributed by atoms with van der Waals surface area (Å²) in [5, 5.41) is 0. The van der Waals surface area contributed by atoms with Crippen LogP contribution in [0.25, 0.3) is 6.08 Å². The smallest absolute Gasteiger partial charge is 0.269 e. The SMILES string of the molecule is COc1ccc(C(=O)NNC(=O)/C=C/c2ccc(C)o2)cc1. The van der Waals surface area contributed by atoms with Crippen LogP contribution < -0.4 is 15.6 Å². The summed E-state index contributed by atoms with van der Waals surface area (Å²) in [5.41, 5.74) is 5.01. The van der Waals surface area contributed by atoms with Crippen molar-refractivity contribution in [1.29, 1.82) is 0 Å². The van der Waals surface area contributed by atoms with E-state index in [4.69, 9.17) is 9.15 Å². The number of ether oxygens (including phenoxy) is 1. The Morgan fingerprint density at radius 1 is 1.09 bits per heavy atom. The second kappa shape index (κ2) is 7.12. The molecule has 0 radical (unpaired) electrons. The summed E-state index contributed by atoms with van der Waals surface area (Å²) >= 11 is 0. The van der Waals surface area contributed by atoms with Gasteiger partial charge in [-0.1, -0.05) is 0 Å². The van der Waals surface area contributed by atoms with Gasteiger partial charge in [0.05, 0.1) is 7.11 Å². The van der Waals surface area contributed by atoms with Crippen molar-refractivity contribution in [2.75, 3.05) is 7.11 Å². The number of nitrogens with one attached hydrogen (secondary N) is 2. The molecule has 0 spiro atoms. The van der Waals surface area contributed by atoms with Gasteiger partial charge in [0, 0.05) is 11.6 Å². The quantitative estimate of drug-likeness (QED) is 0.669. The molecule has 0 aliphatic heterocycles. The maximum absolute atomic E-state index is 11.8. The van der Waals surface area contributed by atoms with Crippen molar-refractivity contribution in [2.24, 2.45) is 0 Å². The van der Waals surface area contributed by atoms with E-state index in [1.807, 2.05) is 6.92 Å². The summed E-state index contributed by atoms with van der Waals surface area (Å²) < 4.78 is 10.3. The van der Waals surface area contributed by atoms with E-state index in [-0.39, 0.29) is 0 Å². The van der Waals surface area contributed by atoms with Crippen LogP contribution in [-0.2, 0) is 4.79 Å². The Hall–Kier alpha value is -3.02. The Morgan fingerprint density at radius 3 is 2.41 bits per heavy atom. The Morgan fingerprint density at radius 2 is 1.82 bits per heavy atom. The summed E-state index contributed by atoms with van der Waals surface area (Å²) in [6.07, 6.45) is 2.79. The Labute approximate surface area is 127 Å². The molecule has 2 rings (SSSR count). The molecular formula is C16H16N2O4. The molecule has 0 saturated carbocycles. The van der Waals surface area contributed by atoms with Gasteiger partial charge < -0.3 is 9.15 Å². The van der Waals surface area contributed by atoms with Gasteiger partial charge in [0.15, 0.2) is 0 Å². The number of benzene rings is 1. The molecule has 1 heterocycles. The number of aryl methyl sites for hydroxylation is 1. The second-order valence-electron chi connectivity index (χ2n) is 4.45. The minimum absolute atomic E-state index is 0.409. The third kappa shape index (κ3) is 4.24. The van der Waals surface area contributed by atoms with Crippen LogP contribution in [0.3, 0.4) is 0 Å². The highest BCUT2D eigenvalue weighted by atomic mass is 16.5. The van der Waals surface area contributed by atoms with Gasteiger partial charge in [0.1, 0.15) is 17.3 Å². The largest absolute Gasteiger partial charge is 0.497 e. The number of methoxy groups -OCH3 is 1. The first kappa shape index (κ1) is 15.4. The number of rotatable bonds is 4. The topological polar surface area (TPSA) is 80.6 Å². The van der Waals surface area contributed by atoms with Crippen molar-refractivity contribution in [3.05, 3.63) is 59.6 Å². The van der Waals surface area contributed by atoms with Crippen LogP contribution >= 0.6 is 0 Å². The highest BCUT2D eigenvalue weighted by molar-refractivity contribution is 5.97. The molecule has 6 heteroatoms. The summed E-state index contributed by atoms with van der Waals surface area (Å²) in [7, 11) is 1.54. The van der Waals surface area contributed by atoms with E-state index in [0.29, 0.717) is 17.1 Å². The first-order chi connectivity index (χ1) is 10.6. The molecule has 1 aromatic carbocycles. The minimum Gasteiger partial charge on any atom is -0.497 e. The fourth-order valence-corrected chi connectivity index (χ4v) is 1.68. The first-order valence-corrected chi connectivity index (χ1v) is 6.57. The molecule has 0 aliphatic rings. The predicted molar refractivity (Wildman–Crippen MR) is 81.1 cm³/mol. The molecule has 0 bridgehead atoms. The molecule has 2 amide bonds. The van der Waals surface area contributed by atoms with E-state index in [1.54, 1.807) is 43.5 Å². The molecule has 0 saturated heterocycles. The Bertz CT molecular complexity index is 686. The molecule has 0 atom stereocenters. The van der Waals surface area contributed by atoms with Gasteiger partial charge in [-0.2, -0.15) is 0 Å². The third-order valence-electron chi connectivity index (χ3n) is 2.81. The number of hydrogen-bond donors (Lipinski definition) is 2. The molecule has 2 aromatic rings. The molecule has 1 aromatic heterocycles. The lowest BCUT2D eigenvalue weighted by Crippen LogP contribution is -2.40. The molecule has 0 fully saturated rings. The van der Waals surface area contributed by atoms with Crippen LogP contribution in [0.1, 0.15) is 21.9 Å². The van der Waals surface area contributed by atoms with E-state index in [0.717, 1.165) is 5.76 Å². The minimum atomic E-state index is -0.462. The van der Waals surface area contributed by atoms with Crippen LogP contribution in [0.15, 0.2) is 46.9 Å². The van der Waals surface area contributed by atoms with Crippen molar-refractivity contribution in [3.63, 3.8) is 0 Å². The predicted octanol–water partition coefficient (Wildman–Crippen LogP) is 2.07. The number of hydrogen-bond acceptors (Lipinski definition) is 4.